The highest BCUT2D eigenvalue weighted by atomic mass is 35.5. The fourth-order valence-electron chi connectivity index (χ4n) is 4.75. The molecule has 2 bridgehead atoms. The Bertz CT molecular complexity index is 1010. The predicted molar refractivity (Wildman–Crippen MR) is 114 cm³/mol. The molecule has 4 aliphatic rings. The monoisotopic (exact) mass is 420 g/mol. The summed E-state index contributed by atoms with van der Waals surface area (Å²) >= 11 is 5.93. The van der Waals surface area contributed by atoms with Crippen LogP contribution in [0.15, 0.2) is 65.8 Å². The van der Waals surface area contributed by atoms with Crippen LogP contribution in [0.5, 0.6) is 5.75 Å². The van der Waals surface area contributed by atoms with Gasteiger partial charge in [0.2, 0.25) is 0 Å². The van der Waals surface area contributed by atoms with Crippen LogP contribution in [-0.2, 0) is 16.2 Å². The van der Waals surface area contributed by atoms with Gasteiger partial charge < -0.3 is 4.74 Å². The summed E-state index contributed by atoms with van der Waals surface area (Å²) in [5.41, 5.74) is 1.70. The van der Waals surface area contributed by atoms with E-state index >= 15 is 0 Å². The molecule has 4 atom stereocenters. The molecule has 0 spiro atoms. The van der Waals surface area contributed by atoms with Gasteiger partial charge in [-0.25, -0.2) is 0 Å². The highest BCUT2D eigenvalue weighted by Crippen LogP contribution is 2.49. The van der Waals surface area contributed by atoms with E-state index in [0.29, 0.717) is 22.9 Å². The third kappa shape index (κ3) is 3.33. The average molecular weight is 421 g/mol. The van der Waals surface area contributed by atoms with Crippen molar-refractivity contribution < 1.29 is 14.3 Å². The molecule has 1 aliphatic heterocycles. The lowest BCUT2D eigenvalue weighted by Gasteiger charge is -2.37. The van der Waals surface area contributed by atoms with Crippen molar-refractivity contribution in [3.63, 3.8) is 0 Å². The van der Waals surface area contributed by atoms with E-state index in [9.17, 15) is 9.59 Å². The van der Waals surface area contributed by atoms with Crippen molar-refractivity contribution in [2.75, 3.05) is 0 Å². The Morgan fingerprint density at radius 2 is 1.60 bits per heavy atom. The van der Waals surface area contributed by atoms with Crippen LogP contribution < -0.4 is 4.74 Å². The van der Waals surface area contributed by atoms with Crippen molar-refractivity contribution in [2.24, 2.45) is 28.8 Å². The van der Waals surface area contributed by atoms with Gasteiger partial charge >= 0.3 is 0 Å². The first-order valence-corrected chi connectivity index (χ1v) is 10.6. The number of hydrogen-bond acceptors (Lipinski definition) is 4. The second-order valence-electron chi connectivity index (χ2n) is 8.03. The molecule has 152 valence electrons. The summed E-state index contributed by atoms with van der Waals surface area (Å²) < 4.78 is 5.94. The summed E-state index contributed by atoms with van der Waals surface area (Å²) in [5, 5.41) is 6.04. The van der Waals surface area contributed by atoms with E-state index in [1.54, 1.807) is 6.21 Å². The van der Waals surface area contributed by atoms with Gasteiger partial charge in [0.05, 0.1) is 18.1 Å². The molecule has 0 aromatic heterocycles. The Hall–Kier alpha value is -2.92. The molecule has 3 aliphatic carbocycles. The number of para-hydroxylation sites is 1. The van der Waals surface area contributed by atoms with Crippen LogP contribution >= 0.6 is 11.6 Å². The fourth-order valence-corrected chi connectivity index (χ4v) is 4.88. The van der Waals surface area contributed by atoms with Crippen molar-refractivity contribution in [3.05, 3.63) is 76.8 Å². The van der Waals surface area contributed by atoms with Crippen LogP contribution in [0.3, 0.4) is 0 Å². The largest absolute Gasteiger partial charge is 0.488 e. The zero-order valence-electron chi connectivity index (χ0n) is 16.3. The highest BCUT2D eigenvalue weighted by Gasteiger charge is 2.56. The topological polar surface area (TPSA) is 59.0 Å². The first kappa shape index (κ1) is 19.1. The second kappa shape index (κ2) is 7.73. The number of fused-ring (bicyclic) bond motifs is 1. The molecule has 2 aromatic rings. The zero-order valence-corrected chi connectivity index (χ0v) is 17.0. The summed E-state index contributed by atoms with van der Waals surface area (Å²) in [6.45, 7) is 0.378. The second-order valence-corrected chi connectivity index (χ2v) is 8.46. The van der Waals surface area contributed by atoms with Crippen LogP contribution in [0.1, 0.15) is 24.0 Å². The Labute approximate surface area is 180 Å². The minimum Gasteiger partial charge on any atom is -0.488 e. The first-order chi connectivity index (χ1) is 14.6. The van der Waals surface area contributed by atoms with Crippen molar-refractivity contribution in [3.8, 4) is 5.75 Å². The van der Waals surface area contributed by atoms with Gasteiger partial charge in [-0.15, -0.1) is 0 Å². The molecule has 2 amide bonds. The summed E-state index contributed by atoms with van der Waals surface area (Å²) in [4.78, 5) is 25.8. The van der Waals surface area contributed by atoms with E-state index in [0.717, 1.165) is 23.4 Å². The van der Waals surface area contributed by atoms with Gasteiger partial charge in [-0.1, -0.05) is 48.0 Å². The Balaban J connectivity index is 1.33. The predicted octanol–water partition coefficient (Wildman–Crippen LogP) is 4.45. The number of allylic oxidation sites excluding steroid dienone is 2. The van der Waals surface area contributed by atoms with E-state index in [1.807, 2.05) is 48.5 Å². The lowest BCUT2D eigenvalue weighted by molar-refractivity contribution is -0.140. The van der Waals surface area contributed by atoms with Crippen LogP contribution in [0.4, 0.5) is 0 Å². The molecular formula is C24H21ClN2O3. The molecule has 2 fully saturated rings. The van der Waals surface area contributed by atoms with E-state index < -0.39 is 0 Å². The van der Waals surface area contributed by atoms with E-state index in [-0.39, 0.29) is 35.5 Å². The maximum atomic E-state index is 12.9. The summed E-state index contributed by atoms with van der Waals surface area (Å²) in [6, 6.07) is 14.9. The van der Waals surface area contributed by atoms with Gasteiger partial charge in [0.1, 0.15) is 12.4 Å². The standard InChI is InChI=1S/C24H21ClN2O3/c25-19-11-5-15(6-12-19)14-30-20-4-2-1-3-18(20)13-26-27-23(28)21-16-7-8-17(10-9-16)22(21)24(27)29/h1-8,11-13,16-17,21-22H,9-10,14H2/b26-13-/t16-,17-,21-,22+/m0/s1. The van der Waals surface area contributed by atoms with Crippen LogP contribution in [-0.4, -0.2) is 23.0 Å². The zero-order chi connectivity index (χ0) is 20.7. The average Bonchev–Trinajstić information content (AvgIpc) is 3.05. The number of hydrogen-bond donors (Lipinski definition) is 0. The number of carbonyl (C=O) groups is 2. The number of halogens is 1. The third-order valence-corrected chi connectivity index (χ3v) is 6.53. The van der Waals surface area contributed by atoms with Crippen molar-refractivity contribution in [1.82, 2.24) is 5.01 Å². The summed E-state index contributed by atoms with van der Waals surface area (Å²) in [7, 11) is 0. The third-order valence-electron chi connectivity index (χ3n) is 6.27. The number of nitrogens with zero attached hydrogens (tertiary/aromatic N) is 2. The maximum Gasteiger partial charge on any atom is 0.254 e. The number of hydrazone groups is 1. The molecule has 1 saturated heterocycles. The van der Waals surface area contributed by atoms with Gasteiger partial charge in [-0.3, -0.25) is 9.59 Å². The van der Waals surface area contributed by atoms with Crippen molar-refractivity contribution >= 4 is 29.6 Å². The van der Waals surface area contributed by atoms with Gasteiger partial charge in [-0.2, -0.15) is 10.1 Å². The van der Waals surface area contributed by atoms with E-state index in [1.165, 1.54) is 0 Å². The maximum absolute atomic E-state index is 12.9. The fraction of sp³-hybridized carbons (Fsp3) is 0.292. The number of amides is 2. The molecule has 0 unspecified atom stereocenters. The first-order valence-electron chi connectivity index (χ1n) is 10.2. The van der Waals surface area contributed by atoms with Crippen LogP contribution in [0.2, 0.25) is 5.02 Å². The number of imide groups is 1. The highest BCUT2D eigenvalue weighted by molar-refractivity contribution is 6.30. The summed E-state index contributed by atoms with van der Waals surface area (Å²) in [5.74, 6) is 0.0806. The van der Waals surface area contributed by atoms with Gasteiger partial charge in [-0.05, 0) is 54.5 Å². The molecule has 6 heteroatoms. The summed E-state index contributed by atoms with van der Waals surface area (Å²) in [6.07, 6.45) is 7.70. The van der Waals surface area contributed by atoms with E-state index in [2.05, 4.69) is 17.3 Å². The Morgan fingerprint density at radius 3 is 2.23 bits per heavy atom. The smallest absolute Gasteiger partial charge is 0.254 e. The molecule has 1 saturated carbocycles. The molecular weight excluding hydrogens is 400 g/mol. The molecule has 0 N–H and O–H groups in total. The molecule has 2 aromatic carbocycles. The van der Waals surface area contributed by atoms with Crippen molar-refractivity contribution in [2.45, 2.75) is 19.4 Å². The number of benzene rings is 2. The number of ether oxygens (including phenoxy) is 1. The minimum atomic E-state index is -0.255. The Morgan fingerprint density at radius 1 is 0.967 bits per heavy atom. The molecule has 30 heavy (non-hydrogen) atoms. The molecule has 6 rings (SSSR count). The molecule has 0 radical (unpaired) electrons. The minimum absolute atomic E-state index is 0.159. The normalized spacial score (nSPS) is 27.2. The van der Waals surface area contributed by atoms with Crippen molar-refractivity contribution in [1.29, 1.82) is 0 Å². The van der Waals surface area contributed by atoms with Gasteiger partial charge in [0.15, 0.2) is 0 Å². The van der Waals surface area contributed by atoms with Crippen LogP contribution in [0, 0.1) is 23.7 Å². The SMILES string of the molecule is O=C1[C@@H]2[C@H](C(=O)N1/N=C\c1ccccc1OCc1ccc(Cl)cc1)[C@H]1C=C[C@H]2CC1. The van der Waals surface area contributed by atoms with E-state index in [4.69, 9.17) is 16.3 Å². The van der Waals surface area contributed by atoms with Gasteiger partial charge in [0, 0.05) is 10.6 Å². The lowest BCUT2D eigenvalue weighted by Crippen LogP contribution is -2.38. The van der Waals surface area contributed by atoms with Crippen LogP contribution in [0.25, 0.3) is 0 Å². The van der Waals surface area contributed by atoms with Gasteiger partial charge in [0.25, 0.3) is 11.8 Å². The quantitative estimate of drug-likeness (QED) is 0.408. The molecule has 5 nitrogen and oxygen atoms in total. The lowest BCUT2D eigenvalue weighted by atomic mass is 9.63. The number of rotatable bonds is 5. The molecule has 1 heterocycles. The number of carbonyl (C=O) groups excluding carboxylic acids is 2. The Kier molecular flexibility index (Phi) is 4.91.